The summed E-state index contributed by atoms with van der Waals surface area (Å²) in [5.74, 6) is 0.713. The van der Waals surface area contributed by atoms with E-state index in [0.29, 0.717) is 19.0 Å². The average molecular weight is 285 g/mol. The highest BCUT2D eigenvalue weighted by Crippen LogP contribution is 2.24. The predicted molar refractivity (Wildman–Crippen MR) is 85.4 cm³/mol. The fraction of sp³-hybridized carbons (Fsp3) is 0.471. The molecular weight excluding hydrogens is 262 g/mol. The third kappa shape index (κ3) is 3.52. The number of nitrogens with two attached hydrogens (primary N) is 1. The maximum Gasteiger partial charge on any atom is 0.221 e. The summed E-state index contributed by atoms with van der Waals surface area (Å²) in [5, 5.41) is 2.20. The van der Waals surface area contributed by atoms with Gasteiger partial charge in [-0.1, -0.05) is 24.6 Å². The van der Waals surface area contributed by atoms with Crippen LogP contribution in [0.3, 0.4) is 0 Å². The molecule has 1 fully saturated rings. The lowest BCUT2D eigenvalue weighted by Crippen LogP contribution is -2.33. The fourth-order valence-corrected chi connectivity index (χ4v) is 2.89. The van der Waals surface area contributed by atoms with Crippen LogP contribution < -0.4 is 10.5 Å². The van der Waals surface area contributed by atoms with Gasteiger partial charge in [-0.2, -0.15) is 0 Å². The minimum absolute atomic E-state index is 0.438. The molecule has 2 heterocycles. The van der Waals surface area contributed by atoms with Gasteiger partial charge in [0.1, 0.15) is 6.61 Å². The zero-order chi connectivity index (χ0) is 14.5. The van der Waals surface area contributed by atoms with Crippen molar-refractivity contribution >= 4 is 10.8 Å². The number of likely N-dealkylation sites (tertiary alicyclic amines) is 1. The van der Waals surface area contributed by atoms with Crippen LogP contribution in [0.1, 0.15) is 25.0 Å². The van der Waals surface area contributed by atoms with Crippen LogP contribution in [-0.4, -0.2) is 36.1 Å². The van der Waals surface area contributed by atoms with Gasteiger partial charge in [0.05, 0.1) is 5.69 Å². The van der Waals surface area contributed by atoms with E-state index in [1.807, 2.05) is 18.2 Å². The lowest BCUT2D eigenvalue weighted by atomic mass is 10.1. The second-order valence-corrected chi connectivity index (χ2v) is 5.59. The van der Waals surface area contributed by atoms with Gasteiger partial charge in [-0.25, -0.2) is 4.98 Å². The first kappa shape index (κ1) is 14.3. The highest BCUT2D eigenvalue weighted by molar-refractivity contribution is 5.87. The zero-order valence-corrected chi connectivity index (χ0v) is 12.4. The third-order valence-electron chi connectivity index (χ3n) is 4.06. The molecule has 0 atom stereocenters. The Hall–Kier alpha value is -1.65. The summed E-state index contributed by atoms with van der Waals surface area (Å²) in [6, 6.07) is 10.2. The first-order valence-electron chi connectivity index (χ1n) is 7.81. The number of piperidine rings is 1. The Balaban J connectivity index is 1.70. The summed E-state index contributed by atoms with van der Waals surface area (Å²) in [5.41, 5.74) is 6.61. The maximum absolute atomic E-state index is 5.96. The van der Waals surface area contributed by atoms with E-state index in [2.05, 4.69) is 22.0 Å². The monoisotopic (exact) mass is 285 g/mol. The quantitative estimate of drug-likeness (QED) is 0.917. The van der Waals surface area contributed by atoms with Gasteiger partial charge in [0, 0.05) is 18.5 Å². The molecule has 0 spiro atoms. The minimum Gasteiger partial charge on any atom is -0.476 e. The van der Waals surface area contributed by atoms with Gasteiger partial charge in [-0.15, -0.1) is 0 Å². The van der Waals surface area contributed by atoms with E-state index >= 15 is 0 Å². The molecule has 0 saturated carbocycles. The Morgan fingerprint density at radius 3 is 2.76 bits per heavy atom. The van der Waals surface area contributed by atoms with Gasteiger partial charge >= 0.3 is 0 Å². The standard InChI is InChI=1S/C17H23N3O/c18-13-15-12-14-6-2-3-7-16(14)17(19-15)21-11-10-20-8-4-1-5-9-20/h2-3,6-7,12H,1,4-5,8-11,13,18H2. The molecule has 1 aromatic heterocycles. The van der Waals surface area contributed by atoms with Crippen LogP contribution in [0, 0.1) is 0 Å². The molecule has 112 valence electrons. The molecule has 4 nitrogen and oxygen atoms in total. The Kier molecular flexibility index (Phi) is 4.68. The lowest BCUT2D eigenvalue weighted by molar-refractivity contribution is 0.181. The molecule has 0 amide bonds. The van der Waals surface area contributed by atoms with E-state index in [0.717, 1.165) is 23.0 Å². The maximum atomic E-state index is 5.96. The highest BCUT2D eigenvalue weighted by atomic mass is 16.5. The molecular formula is C17H23N3O. The molecule has 2 N–H and O–H groups in total. The van der Waals surface area contributed by atoms with Crippen molar-refractivity contribution < 1.29 is 4.74 Å². The molecule has 3 rings (SSSR count). The largest absolute Gasteiger partial charge is 0.476 e. The van der Waals surface area contributed by atoms with Crippen molar-refractivity contribution in [2.75, 3.05) is 26.2 Å². The van der Waals surface area contributed by atoms with Crippen LogP contribution in [0.25, 0.3) is 10.8 Å². The molecule has 2 aromatic rings. The van der Waals surface area contributed by atoms with E-state index in [4.69, 9.17) is 10.5 Å². The molecule has 21 heavy (non-hydrogen) atoms. The predicted octanol–water partition coefficient (Wildman–Crippen LogP) is 2.56. The Labute approximate surface area is 125 Å². The van der Waals surface area contributed by atoms with Crippen LogP contribution in [-0.2, 0) is 6.54 Å². The van der Waals surface area contributed by atoms with Crippen LogP contribution in [0.2, 0.25) is 0 Å². The number of rotatable bonds is 5. The molecule has 0 unspecified atom stereocenters. The number of pyridine rings is 1. The first-order chi connectivity index (χ1) is 10.4. The highest BCUT2D eigenvalue weighted by Gasteiger charge is 2.11. The second-order valence-electron chi connectivity index (χ2n) is 5.59. The van der Waals surface area contributed by atoms with Gasteiger partial charge in [-0.05, 0) is 43.5 Å². The number of fused-ring (bicyclic) bond motifs is 1. The summed E-state index contributed by atoms with van der Waals surface area (Å²) >= 11 is 0. The van der Waals surface area contributed by atoms with Crippen molar-refractivity contribution in [2.45, 2.75) is 25.8 Å². The van der Waals surface area contributed by atoms with E-state index in [1.54, 1.807) is 0 Å². The van der Waals surface area contributed by atoms with Crippen LogP contribution in [0.15, 0.2) is 30.3 Å². The van der Waals surface area contributed by atoms with Crippen LogP contribution in [0.5, 0.6) is 5.88 Å². The molecule has 1 saturated heterocycles. The summed E-state index contributed by atoms with van der Waals surface area (Å²) in [4.78, 5) is 7.01. The molecule has 4 heteroatoms. The van der Waals surface area contributed by atoms with Gasteiger partial charge in [0.25, 0.3) is 0 Å². The minimum atomic E-state index is 0.438. The molecule has 1 aliphatic rings. The number of aromatic nitrogens is 1. The van der Waals surface area contributed by atoms with E-state index in [1.165, 1.54) is 32.4 Å². The Bertz CT molecular complexity index is 594. The van der Waals surface area contributed by atoms with Gasteiger partial charge < -0.3 is 10.5 Å². The number of hydrogen-bond donors (Lipinski definition) is 1. The molecule has 1 aliphatic heterocycles. The summed E-state index contributed by atoms with van der Waals surface area (Å²) < 4.78 is 5.96. The van der Waals surface area contributed by atoms with E-state index < -0.39 is 0 Å². The van der Waals surface area contributed by atoms with Gasteiger partial charge in [-0.3, -0.25) is 4.90 Å². The lowest BCUT2D eigenvalue weighted by Gasteiger charge is -2.26. The van der Waals surface area contributed by atoms with E-state index in [9.17, 15) is 0 Å². The second kappa shape index (κ2) is 6.87. The number of hydrogen-bond acceptors (Lipinski definition) is 4. The molecule has 0 radical (unpaired) electrons. The fourth-order valence-electron chi connectivity index (χ4n) is 2.89. The van der Waals surface area contributed by atoms with Crippen molar-refractivity contribution in [3.63, 3.8) is 0 Å². The van der Waals surface area contributed by atoms with Crippen molar-refractivity contribution in [3.8, 4) is 5.88 Å². The summed E-state index contributed by atoms with van der Waals surface area (Å²) in [7, 11) is 0. The third-order valence-corrected chi connectivity index (χ3v) is 4.06. The van der Waals surface area contributed by atoms with Crippen molar-refractivity contribution in [1.82, 2.24) is 9.88 Å². The van der Waals surface area contributed by atoms with Gasteiger partial charge in [0.2, 0.25) is 5.88 Å². The smallest absolute Gasteiger partial charge is 0.221 e. The van der Waals surface area contributed by atoms with Crippen molar-refractivity contribution in [3.05, 3.63) is 36.0 Å². The molecule has 0 bridgehead atoms. The van der Waals surface area contributed by atoms with Crippen molar-refractivity contribution in [2.24, 2.45) is 5.73 Å². The van der Waals surface area contributed by atoms with Gasteiger partial charge in [0.15, 0.2) is 0 Å². The van der Waals surface area contributed by atoms with Crippen LogP contribution in [0.4, 0.5) is 0 Å². The topological polar surface area (TPSA) is 51.4 Å². The van der Waals surface area contributed by atoms with Crippen LogP contribution >= 0.6 is 0 Å². The normalized spacial score (nSPS) is 16.2. The SMILES string of the molecule is NCc1cc2ccccc2c(OCCN2CCCCC2)n1. The average Bonchev–Trinajstić information content (AvgIpc) is 2.55. The number of benzene rings is 1. The number of nitrogens with zero attached hydrogens (tertiary/aromatic N) is 2. The Morgan fingerprint density at radius 2 is 1.95 bits per heavy atom. The zero-order valence-electron chi connectivity index (χ0n) is 12.4. The summed E-state index contributed by atoms with van der Waals surface area (Å²) in [6.07, 6.45) is 3.98. The first-order valence-corrected chi connectivity index (χ1v) is 7.81. The summed E-state index contributed by atoms with van der Waals surface area (Å²) in [6.45, 7) is 4.49. The molecule has 1 aromatic carbocycles. The Morgan fingerprint density at radius 1 is 1.14 bits per heavy atom. The van der Waals surface area contributed by atoms with Crippen molar-refractivity contribution in [1.29, 1.82) is 0 Å². The number of ether oxygens (including phenoxy) is 1. The molecule has 0 aliphatic carbocycles. The van der Waals surface area contributed by atoms with E-state index in [-0.39, 0.29) is 0 Å².